The molecular weight excluding hydrogens is 312 g/mol. The van der Waals surface area contributed by atoms with E-state index in [1.807, 2.05) is 16.7 Å². The van der Waals surface area contributed by atoms with Crippen molar-refractivity contribution in [2.45, 2.75) is 37.8 Å². The molecule has 0 bridgehead atoms. The highest BCUT2D eigenvalue weighted by Gasteiger charge is 2.44. The fraction of sp³-hybridized carbons (Fsp3) is 0.438. The zero-order valence-electron chi connectivity index (χ0n) is 12.5. The van der Waals surface area contributed by atoms with Crippen LogP contribution in [0.25, 0.3) is 0 Å². The van der Waals surface area contributed by atoms with E-state index in [1.165, 1.54) is 0 Å². The lowest BCUT2D eigenvalue weighted by atomic mass is 10.1. The van der Waals surface area contributed by atoms with Gasteiger partial charge in [0.25, 0.3) is 0 Å². The van der Waals surface area contributed by atoms with Crippen molar-refractivity contribution in [1.82, 2.24) is 20.1 Å². The molecule has 2 fully saturated rings. The summed E-state index contributed by atoms with van der Waals surface area (Å²) >= 11 is 5.24. The third kappa shape index (κ3) is 2.88. The van der Waals surface area contributed by atoms with Crippen LogP contribution in [0, 0.1) is 10.7 Å². The molecule has 1 heterocycles. The van der Waals surface area contributed by atoms with Crippen LogP contribution in [0.4, 0.5) is 0 Å². The number of phenolic OH excluding ortho intramolecular Hbond substituents is 1. The summed E-state index contributed by atoms with van der Waals surface area (Å²) in [7, 11) is 0. The highest BCUT2D eigenvalue weighted by atomic mass is 32.1. The van der Waals surface area contributed by atoms with Gasteiger partial charge in [0.15, 0.2) is 10.6 Å². The molecular formula is C16H18N4O2S. The molecule has 2 aromatic rings. The summed E-state index contributed by atoms with van der Waals surface area (Å²) in [5, 5.41) is 19.5. The summed E-state index contributed by atoms with van der Waals surface area (Å²) in [6, 6.07) is 7.58. The highest BCUT2D eigenvalue weighted by molar-refractivity contribution is 7.71. The van der Waals surface area contributed by atoms with E-state index in [0.717, 1.165) is 30.7 Å². The minimum absolute atomic E-state index is 0.0203. The first-order chi connectivity index (χ1) is 11.1. The summed E-state index contributed by atoms with van der Waals surface area (Å²) in [5.74, 6) is 1.25. The van der Waals surface area contributed by atoms with Gasteiger partial charge in [-0.15, -0.1) is 0 Å². The molecule has 1 aromatic carbocycles. The largest absolute Gasteiger partial charge is 0.508 e. The molecule has 4 rings (SSSR count). The Morgan fingerprint density at radius 2 is 2.30 bits per heavy atom. The number of aromatic hydroxyl groups is 1. The predicted octanol–water partition coefficient (Wildman–Crippen LogP) is 2.40. The van der Waals surface area contributed by atoms with Crippen LogP contribution < -0.4 is 5.32 Å². The van der Waals surface area contributed by atoms with Gasteiger partial charge in [0.1, 0.15) is 5.75 Å². The molecule has 1 aromatic heterocycles. The Hall–Kier alpha value is -2.15. The molecule has 120 valence electrons. The summed E-state index contributed by atoms with van der Waals surface area (Å²) < 4.78 is 2.63. The van der Waals surface area contributed by atoms with E-state index in [4.69, 9.17) is 12.2 Å². The van der Waals surface area contributed by atoms with Crippen molar-refractivity contribution in [3.63, 3.8) is 0 Å². The van der Waals surface area contributed by atoms with Gasteiger partial charge >= 0.3 is 0 Å². The van der Waals surface area contributed by atoms with Gasteiger partial charge < -0.3 is 10.4 Å². The smallest absolute Gasteiger partial charge is 0.224 e. The number of nitrogens with one attached hydrogen (secondary N) is 2. The van der Waals surface area contributed by atoms with Gasteiger partial charge in [-0.05, 0) is 55.1 Å². The molecule has 3 N–H and O–H groups in total. The highest BCUT2D eigenvalue weighted by Crippen LogP contribution is 2.48. The lowest BCUT2D eigenvalue weighted by Crippen LogP contribution is -2.26. The normalized spacial score (nSPS) is 22.8. The molecule has 0 unspecified atom stereocenters. The summed E-state index contributed by atoms with van der Waals surface area (Å²) in [5.41, 5.74) is 1.02. The van der Waals surface area contributed by atoms with Crippen LogP contribution in [0.3, 0.4) is 0 Å². The first-order valence-corrected chi connectivity index (χ1v) is 8.26. The minimum Gasteiger partial charge on any atom is -0.508 e. The van der Waals surface area contributed by atoms with Crippen molar-refractivity contribution < 1.29 is 9.90 Å². The number of hydrogen-bond acceptors (Lipinski definition) is 4. The van der Waals surface area contributed by atoms with Crippen molar-refractivity contribution in [3.05, 3.63) is 40.4 Å². The fourth-order valence-corrected chi connectivity index (χ4v) is 3.38. The van der Waals surface area contributed by atoms with Crippen LogP contribution in [0.5, 0.6) is 5.75 Å². The zero-order chi connectivity index (χ0) is 16.0. The first kappa shape index (κ1) is 14.4. The van der Waals surface area contributed by atoms with Gasteiger partial charge in [-0.1, -0.05) is 12.1 Å². The molecule has 0 radical (unpaired) electrons. The van der Waals surface area contributed by atoms with Crippen molar-refractivity contribution in [2.24, 2.45) is 5.92 Å². The average Bonchev–Trinajstić information content (AvgIpc) is 3.43. The number of H-pyrrole nitrogens is 1. The number of phenols is 1. The molecule has 23 heavy (non-hydrogen) atoms. The summed E-state index contributed by atoms with van der Waals surface area (Å²) in [4.78, 5) is 12.3. The average molecular weight is 330 g/mol. The van der Waals surface area contributed by atoms with Gasteiger partial charge in [0.2, 0.25) is 5.91 Å². The quantitative estimate of drug-likeness (QED) is 0.735. The van der Waals surface area contributed by atoms with Crippen LogP contribution in [-0.4, -0.2) is 25.8 Å². The van der Waals surface area contributed by atoms with E-state index in [2.05, 4.69) is 15.5 Å². The van der Waals surface area contributed by atoms with Gasteiger partial charge in [-0.25, -0.2) is 0 Å². The van der Waals surface area contributed by atoms with Crippen LogP contribution in [0.2, 0.25) is 0 Å². The lowest BCUT2D eigenvalue weighted by Gasteiger charge is -2.07. The Morgan fingerprint density at radius 1 is 1.48 bits per heavy atom. The number of hydrogen-bond donors (Lipinski definition) is 3. The van der Waals surface area contributed by atoms with Gasteiger partial charge in [0, 0.05) is 12.0 Å². The molecule has 0 aliphatic heterocycles. The Morgan fingerprint density at radius 3 is 3.04 bits per heavy atom. The number of benzene rings is 1. The van der Waals surface area contributed by atoms with Crippen molar-refractivity contribution in [2.75, 3.05) is 0 Å². The molecule has 2 aliphatic rings. The topological polar surface area (TPSA) is 82.9 Å². The van der Waals surface area contributed by atoms with Gasteiger partial charge in [-0.2, -0.15) is 5.10 Å². The second-order valence-corrected chi connectivity index (χ2v) is 6.69. The van der Waals surface area contributed by atoms with E-state index >= 15 is 0 Å². The number of carbonyl (C=O) groups excluding carboxylic acids is 1. The molecule has 7 heteroatoms. The minimum atomic E-state index is -0.0203. The van der Waals surface area contributed by atoms with E-state index in [0.29, 0.717) is 17.4 Å². The molecule has 0 spiro atoms. The van der Waals surface area contributed by atoms with Crippen LogP contribution in [0.1, 0.15) is 42.6 Å². The lowest BCUT2D eigenvalue weighted by molar-refractivity contribution is -0.122. The molecule has 2 saturated carbocycles. The monoisotopic (exact) mass is 330 g/mol. The number of aromatic amines is 1. The molecule has 1 amide bonds. The maximum atomic E-state index is 12.3. The summed E-state index contributed by atoms with van der Waals surface area (Å²) in [6.07, 6.45) is 3.07. The number of nitrogens with zero attached hydrogens (tertiary/aromatic N) is 2. The van der Waals surface area contributed by atoms with Crippen molar-refractivity contribution in [1.29, 1.82) is 0 Å². The second-order valence-electron chi connectivity index (χ2n) is 6.31. The zero-order valence-corrected chi connectivity index (χ0v) is 13.3. The third-order valence-electron chi connectivity index (χ3n) is 4.54. The van der Waals surface area contributed by atoms with E-state index in [-0.39, 0.29) is 23.5 Å². The standard InChI is InChI=1S/C16H18N4O2S/c21-11-3-1-2-9(6-11)12-7-13(12)15(22)17-8-14-18-19-16(23)20(14)10-4-5-10/h1-3,6,10,12-13,21H,4-5,7-8H2,(H,17,22)(H,19,23)/t12-,13-/m0/s1. The number of aromatic nitrogens is 3. The van der Waals surface area contributed by atoms with E-state index < -0.39 is 0 Å². The molecule has 2 atom stereocenters. The van der Waals surface area contributed by atoms with E-state index in [1.54, 1.807) is 12.1 Å². The fourth-order valence-electron chi connectivity index (χ4n) is 3.08. The van der Waals surface area contributed by atoms with Crippen LogP contribution in [0.15, 0.2) is 24.3 Å². The van der Waals surface area contributed by atoms with Crippen molar-refractivity contribution >= 4 is 18.1 Å². The predicted molar refractivity (Wildman–Crippen MR) is 86.5 cm³/mol. The number of carbonyl (C=O) groups is 1. The molecule has 2 aliphatic carbocycles. The van der Waals surface area contributed by atoms with Gasteiger partial charge in [0.05, 0.1) is 6.54 Å². The first-order valence-electron chi connectivity index (χ1n) is 7.86. The van der Waals surface area contributed by atoms with Crippen LogP contribution >= 0.6 is 12.2 Å². The third-order valence-corrected chi connectivity index (χ3v) is 4.82. The van der Waals surface area contributed by atoms with Crippen LogP contribution in [-0.2, 0) is 11.3 Å². The SMILES string of the molecule is O=C(NCc1n[nH]c(=S)n1C1CC1)[C@H]1C[C@H]1c1cccc(O)c1. The molecule has 0 saturated heterocycles. The molecule has 6 nitrogen and oxygen atoms in total. The Labute approximate surface area is 138 Å². The maximum absolute atomic E-state index is 12.3. The van der Waals surface area contributed by atoms with Gasteiger partial charge in [-0.3, -0.25) is 14.5 Å². The number of rotatable bonds is 5. The maximum Gasteiger partial charge on any atom is 0.224 e. The van der Waals surface area contributed by atoms with E-state index in [9.17, 15) is 9.90 Å². The Balaban J connectivity index is 1.37. The van der Waals surface area contributed by atoms with Crippen molar-refractivity contribution in [3.8, 4) is 5.75 Å². The Bertz CT molecular complexity index is 808. The number of amides is 1. The Kier molecular flexibility index (Phi) is 3.45. The summed E-state index contributed by atoms with van der Waals surface area (Å²) in [6.45, 7) is 0.395. The second kappa shape index (κ2) is 5.49.